The molecule has 0 aromatic heterocycles. The maximum absolute atomic E-state index is 13.2. The molecule has 13 heteroatoms. The molecule has 5 rings (SSSR count). The van der Waals surface area contributed by atoms with Crippen LogP contribution in [0, 0.1) is 5.41 Å². The molecular formula is C34H36N2O11. The summed E-state index contributed by atoms with van der Waals surface area (Å²) in [4.78, 5) is 62.9. The van der Waals surface area contributed by atoms with E-state index in [0.717, 1.165) is 0 Å². The van der Waals surface area contributed by atoms with Crippen molar-refractivity contribution >= 4 is 35.8 Å². The van der Waals surface area contributed by atoms with Crippen molar-refractivity contribution in [2.75, 3.05) is 26.6 Å². The number of carbonyl (C=O) groups is 5. The van der Waals surface area contributed by atoms with Crippen molar-refractivity contribution in [2.24, 2.45) is 5.41 Å². The third kappa shape index (κ3) is 8.30. The molecule has 2 aromatic rings. The molecule has 13 nitrogen and oxygen atoms in total. The van der Waals surface area contributed by atoms with E-state index in [4.69, 9.17) is 28.8 Å². The summed E-state index contributed by atoms with van der Waals surface area (Å²) in [6, 6.07) is 13.2. The van der Waals surface area contributed by atoms with Crippen molar-refractivity contribution in [3.05, 3.63) is 88.5 Å². The fourth-order valence-corrected chi connectivity index (χ4v) is 5.34. The fraction of sp³-hybridized carbons (Fsp3) is 0.382. The molecule has 4 atom stereocenters. The third-order valence-electron chi connectivity index (χ3n) is 7.87. The molecular weight excluding hydrogens is 612 g/mol. The van der Waals surface area contributed by atoms with Crippen LogP contribution in [0.1, 0.15) is 52.1 Å². The minimum atomic E-state index is -1.01. The molecule has 2 aliphatic heterocycles. The highest BCUT2D eigenvalue weighted by Gasteiger charge is 2.46. The normalized spacial score (nSPS) is 23.0. The summed E-state index contributed by atoms with van der Waals surface area (Å²) < 4.78 is 27.4. The van der Waals surface area contributed by atoms with E-state index in [-0.39, 0.29) is 56.9 Å². The van der Waals surface area contributed by atoms with Crippen molar-refractivity contribution in [1.82, 2.24) is 10.6 Å². The van der Waals surface area contributed by atoms with Gasteiger partial charge in [-0.25, -0.2) is 14.4 Å². The Kier molecular flexibility index (Phi) is 10.5. The summed E-state index contributed by atoms with van der Waals surface area (Å²) in [5.74, 6) is -2.70. The molecule has 3 aliphatic rings. The van der Waals surface area contributed by atoms with E-state index in [1.54, 1.807) is 62.4 Å². The molecule has 3 N–H and O–H groups in total. The first kappa shape index (κ1) is 33.5. The van der Waals surface area contributed by atoms with Crippen LogP contribution in [0.5, 0.6) is 0 Å². The molecule has 47 heavy (non-hydrogen) atoms. The number of carbonyl (C=O) groups excluding carboxylic acids is 5. The maximum atomic E-state index is 13.2. The number of esters is 3. The summed E-state index contributed by atoms with van der Waals surface area (Å²) >= 11 is 0. The number of ether oxygens (including phenoxy) is 5. The van der Waals surface area contributed by atoms with Crippen LogP contribution in [0.15, 0.2) is 66.3 Å². The first-order valence-corrected chi connectivity index (χ1v) is 15.1. The van der Waals surface area contributed by atoms with Gasteiger partial charge in [0.2, 0.25) is 12.0 Å². The van der Waals surface area contributed by atoms with Crippen molar-refractivity contribution in [1.29, 1.82) is 0 Å². The Bertz CT molecular complexity index is 1600. The second-order valence-electron chi connectivity index (χ2n) is 12.0. The van der Waals surface area contributed by atoms with Crippen LogP contribution in [0.25, 0.3) is 6.08 Å². The van der Waals surface area contributed by atoms with Crippen molar-refractivity contribution in [3.63, 3.8) is 0 Å². The highest BCUT2D eigenvalue weighted by Crippen LogP contribution is 2.32. The van der Waals surface area contributed by atoms with E-state index in [1.807, 2.05) is 0 Å². The van der Waals surface area contributed by atoms with Crippen LogP contribution >= 0.6 is 0 Å². The second-order valence-corrected chi connectivity index (χ2v) is 12.0. The predicted octanol–water partition coefficient (Wildman–Crippen LogP) is 1.83. The summed E-state index contributed by atoms with van der Waals surface area (Å²) in [6.45, 7) is 3.77. The van der Waals surface area contributed by atoms with Gasteiger partial charge in [0, 0.05) is 42.1 Å². The van der Waals surface area contributed by atoms with Crippen LogP contribution in [-0.4, -0.2) is 85.8 Å². The van der Waals surface area contributed by atoms with E-state index in [1.165, 1.54) is 18.2 Å². The molecule has 248 valence electrons. The largest absolute Gasteiger partial charge is 0.462 e. The molecule has 0 radical (unpaired) electrons. The smallest absolute Gasteiger partial charge is 0.348 e. The summed E-state index contributed by atoms with van der Waals surface area (Å²) in [5.41, 5.74) is 1.53. The van der Waals surface area contributed by atoms with Gasteiger partial charge in [-0.1, -0.05) is 38.1 Å². The van der Waals surface area contributed by atoms with Crippen molar-refractivity contribution in [3.8, 4) is 0 Å². The van der Waals surface area contributed by atoms with Gasteiger partial charge >= 0.3 is 17.9 Å². The molecule has 0 bridgehead atoms. The van der Waals surface area contributed by atoms with Gasteiger partial charge in [-0.05, 0) is 47.5 Å². The number of cyclic esters (lactones) is 1. The van der Waals surface area contributed by atoms with Gasteiger partial charge in [0.1, 0.15) is 31.7 Å². The second kappa shape index (κ2) is 14.7. The van der Waals surface area contributed by atoms with Gasteiger partial charge in [0.05, 0.1) is 12.2 Å². The number of aliphatic hydroxyl groups excluding tert-OH is 1. The predicted molar refractivity (Wildman–Crippen MR) is 164 cm³/mol. The Morgan fingerprint density at radius 2 is 1.79 bits per heavy atom. The van der Waals surface area contributed by atoms with Gasteiger partial charge in [0.15, 0.2) is 0 Å². The first-order valence-electron chi connectivity index (χ1n) is 15.1. The first-order chi connectivity index (χ1) is 22.5. The Balaban J connectivity index is 1.19. The number of amides is 2. The highest BCUT2D eigenvalue weighted by atomic mass is 16.7. The number of rotatable bonds is 11. The molecule has 2 fully saturated rings. The van der Waals surface area contributed by atoms with Crippen LogP contribution < -0.4 is 10.6 Å². The molecule has 2 aromatic carbocycles. The van der Waals surface area contributed by atoms with E-state index < -0.39 is 47.7 Å². The van der Waals surface area contributed by atoms with Gasteiger partial charge in [-0.3, -0.25) is 9.59 Å². The van der Waals surface area contributed by atoms with Gasteiger partial charge in [0.25, 0.3) is 5.91 Å². The van der Waals surface area contributed by atoms with Gasteiger partial charge in [-0.15, -0.1) is 0 Å². The van der Waals surface area contributed by atoms with Crippen LogP contribution in [0.3, 0.4) is 0 Å². The minimum absolute atomic E-state index is 0.0218. The quantitative estimate of drug-likeness (QED) is 0.184. The molecule has 1 aliphatic carbocycles. The van der Waals surface area contributed by atoms with Crippen molar-refractivity contribution in [2.45, 2.75) is 51.2 Å². The number of aliphatic hydroxyl groups is 1. The molecule has 2 amide bonds. The van der Waals surface area contributed by atoms with Crippen molar-refractivity contribution < 1.29 is 52.8 Å². The zero-order valence-electron chi connectivity index (χ0n) is 25.9. The average Bonchev–Trinajstić information content (AvgIpc) is 3.65. The molecule has 2 heterocycles. The zero-order chi connectivity index (χ0) is 33.6. The monoisotopic (exact) mass is 648 g/mol. The topological polar surface area (TPSA) is 176 Å². The lowest BCUT2D eigenvalue weighted by Gasteiger charge is -2.30. The van der Waals surface area contributed by atoms with Crippen LogP contribution in [0.4, 0.5) is 0 Å². The third-order valence-corrected chi connectivity index (χ3v) is 7.87. The molecule has 4 unspecified atom stereocenters. The summed E-state index contributed by atoms with van der Waals surface area (Å²) in [7, 11) is 0. The summed E-state index contributed by atoms with van der Waals surface area (Å²) in [6.07, 6.45) is 1.34. The zero-order valence-corrected chi connectivity index (χ0v) is 25.9. The Labute approximate surface area is 270 Å². The lowest BCUT2D eigenvalue weighted by atomic mass is 9.90. The number of nitrogens with one attached hydrogen (secondary N) is 2. The molecule has 2 saturated heterocycles. The van der Waals surface area contributed by atoms with E-state index in [2.05, 4.69) is 10.6 Å². The SMILES string of the molecule is CC1(C)COC(=O)C1OC(=O)C=Cc1cccc(C(=O)OC2CC(C(=O)NCc3cccc(C(=O)NCCO)c3)=CC3OCOC32)c1. The Hall–Kier alpha value is -4.85. The fourth-order valence-electron chi connectivity index (χ4n) is 5.34. The maximum Gasteiger partial charge on any atom is 0.348 e. The number of hydrogen-bond acceptors (Lipinski definition) is 11. The molecule has 0 saturated carbocycles. The Morgan fingerprint density at radius 3 is 2.55 bits per heavy atom. The summed E-state index contributed by atoms with van der Waals surface area (Å²) in [5, 5.41) is 14.4. The average molecular weight is 649 g/mol. The lowest BCUT2D eigenvalue weighted by molar-refractivity contribution is -0.159. The van der Waals surface area contributed by atoms with Crippen LogP contribution in [0.2, 0.25) is 0 Å². The standard InChI is InChI=1S/C34H36N2O11/c1-34(2)18-43-33(42)29(34)47-27(38)10-9-20-5-3-8-23(13-20)32(41)46-26-16-24(15-25-28(26)45-19-44-25)31(40)36-17-21-6-4-7-22(14-21)30(39)35-11-12-37/h3-10,13-15,25-26,28-29,37H,11-12,16-19H2,1-2H3,(H,35,39)(H,36,40). The lowest BCUT2D eigenvalue weighted by Crippen LogP contribution is -2.43. The Morgan fingerprint density at radius 1 is 1.00 bits per heavy atom. The number of fused-ring (bicyclic) bond motifs is 1. The number of hydrogen-bond donors (Lipinski definition) is 3. The van der Waals surface area contributed by atoms with Gasteiger partial charge in [-0.2, -0.15) is 0 Å². The van der Waals surface area contributed by atoms with E-state index in [0.29, 0.717) is 22.3 Å². The minimum Gasteiger partial charge on any atom is -0.462 e. The highest BCUT2D eigenvalue weighted by molar-refractivity contribution is 5.95. The van der Waals surface area contributed by atoms with Gasteiger partial charge < -0.3 is 39.4 Å². The molecule has 0 spiro atoms. The van der Waals surface area contributed by atoms with E-state index in [9.17, 15) is 24.0 Å². The van der Waals surface area contributed by atoms with Crippen LogP contribution in [-0.2, 0) is 44.6 Å². The number of benzene rings is 2. The van der Waals surface area contributed by atoms with E-state index >= 15 is 0 Å².